The minimum absolute atomic E-state index is 0.118. The van der Waals surface area contributed by atoms with Gasteiger partial charge in [0, 0.05) is 12.0 Å². The number of benzene rings is 2. The fourth-order valence-electron chi connectivity index (χ4n) is 5.56. The molecule has 1 saturated heterocycles. The Morgan fingerprint density at radius 3 is 2.57 bits per heavy atom. The van der Waals surface area contributed by atoms with Gasteiger partial charge in [0.25, 0.3) is 5.56 Å². The fraction of sp³-hybridized carbons (Fsp3) is 0.308. The van der Waals surface area contributed by atoms with Crippen LogP contribution in [0, 0.1) is 0 Å². The van der Waals surface area contributed by atoms with Crippen LogP contribution < -0.4 is 21.1 Å². The molecule has 4 unspecified atom stereocenters. The van der Waals surface area contributed by atoms with E-state index in [9.17, 15) is 19.5 Å². The van der Waals surface area contributed by atoms with Crippen molar-refractivity contribution in [3.05, 3.63) is 75.8 Å². The lowest BCUT2D eigenvalue weighted by Crippen LogP contribution is -2.53. The molecule has 1 fully saturated rings. The molecule has 0 saturated carbocycles. The summed E-state index contributed by atoms with van der Waals surface area (Å²) in [7, 11) is 0. The largest absolute Gasteiger partial charge is 0.381 e. The van der Waals surface area contributed by atoms with E-state index in [1.165, 1.54) is 4.57 Å². The van der Waals surface area contributed by atoms with E-state index in [1.54, 1.807) is 48.2 Å². The van der Waals surface area contributed by atoms with Gasteiger partial charge in [-0.1, -0.05) is 30.3 Å². The lowest BCUT2D eigenvalue weighted by molar-refractivity contribution is -0.126. The van der Waals surface area contributed by atoms with Gasteiger partial charge in [-0.05, 0) is 44.5 Å². The summed E-state index contributed by atoms with van der Waals surface area (Å²) in [5.41, 5.74) is 1.02. The first-order valence-corrected chi connectivity index (χ1v) is 11.6. The molecule has 0 bridgehead atoms. The fourth-order valence-corrected chi connectivity index (χ4v) is 5.56. The molecule has 4 heterocycles. The number of nitrogens with one attached hydrogen (secondary N) is 2. The number of para-hydroxylation sites is 2. The van der Waals surface area contributed by atoms with E-state index in [1.807, 2.05) is 26.0 Å². The zero-order valence-electron chi connectivity index (χ0n) is 19.6. The van der Waals surface area contributed by atoms with Crippen molar-refractivity contribution >= 4 is 34.1 Å². The van der Waals surface area contributed by atoms with Crippen LogP contribution >= 0.6 is 0 Å². The number of anilines is 1. The van der Waals surface area contributed by atoms with E-state index < -0.39 is 29.8 Å². The summed E-state index contributed by atoms with van der Waals surface area (Å²) < 4.78 is 1.40. The second-order valence-electron chi connectivity index (χ2n) is 9.65. The van der Waals surface area contributed by atoms with Crippen LogP contribution in [0.15, 0.2) is 58.9 Å². The van der Waals surface area contributed by atoms with Crippen molar-refractivity contribution in [3.8, 4) is 0 Å². The number of allylic oxidation sites excluding steroid dienone is 1. The SMILES string of the molecule is CC(C)=C1NC(=O)C(CC2(O)c3ccccc3N3C(=O)C(C)NC32)n2c1nc1ccccc1c2=O. The number of hydrogen-bond acceptors (Lipinski definition) is 6. The Hall–Kier alpha value is -3.82. The van der Waals surface area contributed by atoms with E-state index in [0.29, 0.717) is 33.7 Å². The van der Waals surface area contributed by atoms with Crippen LogP contribution in [0.4, 0.5) is 5.69 Å². The minimum atomic E-state index is -1.61. The lowest BCUT2D eigenvalue weighted by atomic mass is 9.85. The van der Waals surface area contributed by atoms with E-state index in [2.05, 4.69) is 10.6 Å². The normalized spacial score (nSPS) is 27.0. The molecular formula is C26H25N5O4. The average molecular weight is 472 g/mol. The molecule has 3 aliphatic heterocycles. The highest BCUT2D eigenvalue weighted by atomic mass is 16.3. The molecule has 0 aliphatic carbocycles. The summed E-state index contributed by atoms with van der Waals surface area (Å²) in [6, 6.07) is 12.6. The summed E-state index contributed by atoms with van der Waals surface area (Å²) in [6.45, 7) is 5.43. The maximum absolute atomic E-state index is 13.7. The third-order valence-electron chi connectivity index (χ3n) is 7.25. The molecule has 4 atom stereocenters. The molecule has 1 aromatic heterocycles. The Bertz CT molecular complexity index is 1520. The molecule has 9 heteroatoms. The van der Waals surface area contributed by atoms with Crippen molar-refractivity contribution in [1.29, 1.82) is 0 Å². The highest BCUT2D eigenvalue weighted by Crippen LogP contribution is 2.49. The summed E-state index contributed by atoms with van der Waals surface area (Å²) in [6.07, 6.45) is -0.875. The van der Waals surface area contributed by atoms with Crippen molar-refractivity contribution in [1.82, 2.24) is 20.2 Å². The van der Waals surface area contributed by atoms with E-state index in [0.717, 1.165) is 5.57 Å². The van der Waals surface area contributed by atoms with Crippen LogP contribution in [0.3, 0.4) is 0 Å². The average Bonchev–Trinajstić information content (AvgIpc) is 3.27. The Morgan fingerprint density at radius 1 is 1.09 bits per heavy atom. The Morgan fingerprint density at radius 2 is 1.80 bits per heavy atom. The van der Waals surface area contributed by atoms with Crippen molar-refractivity contribution in [2.45, 2.75) is 51.0 Å². The highest BCUT2D eigenvalue weighted by molar-refractivity contribution is 6.02. The molecule has 0 spiro atoms. The van der Waals surface area contributed by atoms with Crippen molar-refractivity contribution in [2.75, 3.05) is 4.90 Å². The quantitative estimate of drug-likeness (QED) is 0.525. The van der Waals surface area contributed by atoms with Gasteiger partial charge in [-0.15, -0.1) is 0 Å². The first-order chi connectivity index (χ1) is 16.7. The molecular weight excluding hydrogens is 446 g/mol. The van der Waals surface area contributed by atoms with Crippen molar-refractivity contribution in [3.63, 3.8) is 0 Å². The summed E-state index contributed by atoms with van der Waals surface area (Å²) in [5, 5.41) is 18.6. The number of aromatic nitrogens is 2. The van der Waals surface area contributed by atoms with Crippen LogP contribution in [0.5, 0.6) is 0 Å². The molecule has 3 aromatic rings. The molecule has 6 rings (SSSR count). The standard InChI is InChI=1S/C26H25N5O4/c1-13(2)20-21-28-17-10-6-4-8-15(17)24(34)30(21)19(22(32)29-20)12-26(35)16-9-5-7-11-18(16)31-23(33)14(3)27-25(26)31/h4-11,14,19,25,27,35H,12H2,1-3H3,(H,29,32). The second-order valence-corrected chi connectivity index (χ2v) is 9.65. The maximum Gasteiger partial charge on any atom is 0.262 e. The summed E-state index contributed by atoms with van der Waals surface area (Å²) in [5.74, 6) is -0.202. The number of amides is 2. The number of rotatable bonds is 2. The first-order valence-electron chi connectivity index (χ1n) is 11.6. The zero-order valence-corrected chi connectivity index (χ0v) is 19.6. The topological polar surface area (TPSA) is 117 Å². The van der Waals surface area contributed by atoms with Crippen LogP contribution in [0.2, 0.25) is 0 Å². The third-order valence-corrected chi connectivity index (χ3v) is 7.25. The van der Waals surface area contributed by atoms with Gasteiger partial charge < -0.3 is 10.4 Å². The molecule has 178 valence electrons. The Balaban J connectivity index is 1.56. The monoisotopic (exact) mass is 471 g/mol. The smallest absolute Gasteiger partial charge is 0.262 e. The van der Waals surface area contributed by atoms with Crippen LogP contribution in [-0.2, 0) is 15.2 Å². The predicted octanol–water partition coefficient (Wildman–Crippen LogP) is 1.76. The van der Waals surface area contributed by atoms with Crippen LogP contribution in [0.1, 0.15) is 44.6 Å². The van der Waals surface area contributed by atoms with Gasteiger partial charge >= 0.3 is 0 Å². The second kappa shape index (κ2) is 7.34. The Kier molecular flexibility index (Phi) is 4.55. The molecule has 3 aliphatic rings. The van der Waals surface area contributed by atoms with Gasteiger partial charge in [0.05, 0.1) is 28.3 Å². The van der Waals surface area contributed by atoms with E-state index >= 15 is 0 Å². The first kappa shape index (κ1) is 21.7. The van der Waals surface area contributed by atoms with E-state index in [-0.39, 0.29) is 17.9 Å². The highest BCUT2D eigenvalue weighted by Gasteiger charge is 2.58. The molecule has 2 amide bonds. The number of carbonyl (C=O) groups is 2. The van der Waals surface area contributed by atoms with Crippen LogP contribution in [0.25, 0.3) is 16.6 Å². The molecule has 35 heavy (non-hydrogen) atoms. The van der Waals surface area contributed by atoms with Gasteiger partial charge in [0.15, 0.2) is 5.82 Å². The number of nitrogens with zero attached hydrogens (tertiary/aromatic N) is 3. The molecule has 2 aromatic carbocycles. The third kappa shape index (κ3) is 2.88. The maximum atomic E-state index is 13.7. The van der Waals surface area contributed by atoms with Gasteiger partial charge in [-0.2, -0.15) is 0 Å². The van der Waals surface area contributed by atoms with Gasteiger partial charge in [-0.3, -0.25) is 29.2 Å². The number of fused-ring (bicyclic) bond motifs is 5. The lowest BCUT2D eigenvalue weighted by Gasteiger charge is -2.36. The predicted molar refractivity (Wildman–Crippen MR) is 130 cm³/mol. The molecule has 0 radical (unpaired) electrons. The van der Waals surface area contributed by atoms with Crippen molar-refractivity contribution in [2.24, 2.45) is 0 Å². The Labute approximate surface area is 201 Å². The summed E-state index contributed by atoms with van der Waals surface area (Å²) >= 11 is 0. The van der Waals surface area contributed by atoms with Crippen LogP contribution in [-0.4, -0.2) is 38.7 Å². The van der Waals surface area contributed by atoms with Gasteiger partial charge in [-0.25, -0.2) is 4.98 Å². The molecule has 9 nitrogen and oxygen atoms in total. The number of carbonyl (C=O) groups excluding carboxylic acids is 2. The number of hydrogen-bond donors (Lipinski definition) is 3. The zero-order chi connectivity index (χ0) is 24.6. The van der Waals surface area contributed by atoms with Gasteiger partial charge in [0.2, 0.25) is 11.8 Å². The summed E-state index contributed by atoms with van der Waals surface area (Å²) in [4.78, 5) is 46.4. The number of aliphatic hydroxyl groups is 1. The van der Waals surface area contributed by atoms with Crippen molar-refractivity contribution < 1.29 is 14.7 Å². The van der Waals surface area contributed by atoms with E-state index in [4.69, 9.17) is 4.98 Å². The minimum Gasteiger partial charge on any atom is -0.381 e. The molecule has 3 N–H and O–H groups in total. The van der Waals surface area contributed by atoms with Gasteiger partial charge in [0.1, 0.15) is 17.8 Å².